The number of hydrogen-bond donors (Lipinski definition) is 0. The number of halogens is 2. The van der Waals surface area contributed by atoms with E-state index in [1.165, 1.54) is 24.3 Å². The number of benzene rings is 2. The molecule has 0 aromatic heterocycles. The molecule has 0 saturated heterocycles. The summed E-state index contributed by atoms with van der Waals surface area (Å²) in [5.74, 6) is -1.49. The molecule has 29 heavy (non-hydrogen) atoms. The Labute approximate surface area is 178 Å². The van der Waals surface area contributed by atoms with Gasteiger partial charge in [-0.05, 0) is 17.4 Å². The average Bonchev–Trinajstić information content (AvgIpc) is 3.42. The van der Waals surface area contributed by atoms with Gasteiger partial charge in [0.05, 0.1) is 5.82 Å². The van der Waals surface area contributed by atoms with Crippen molar-refractivity contribution in [3.05, 3.63) is 131 Å². The van der Waals surface area contributed by atoms with E-state index in [4.69, 9.17) is 0 Å². The summed E-state index contributed by atoms with van der Waals surface area (Å²) in [5.41, 5.74) is 1.29. The zero-order valence-electron chi connectivity index (χ0n) is 15.2. The van der Waals surface area contributed by atoms with E-state index in [2.05, 4.69) is 0 Å². The Morgan fingerprint density at radius 1 is 0.690 bits per heavy atom. The largest absolute Gasteiger partial charge is 0.644 e. The smallest absolute Gasteiger partial charge is 0.115 e. The Kier molecular flexibility index (Phi) is 7.96. The average molecular weight is 430 g/mol. The minimum absolute atomic E-state index is 0. The fraction of sp³-hybridized carbons (Fsp3) is 0. The molecule has 5 heteroatoms. The molecule has 0 fully saturated rings. The molecule has 0 radical (unpaired) electrons. The van der Waals surface area contributed by atoms with Gasteiger partial charge in [0.15, 0.2) is 0 Å². The first-order valence-electron chi connectivity index (χ1n) is 8.60. The van der Waals surface area contributed by atoms with E-state index in [1.807, 2.05) is 0 Å². The fourth-order valence-corrected chi connectivity index (χ4v) is 2.65. The molecule has 4 aromatic rings. The zero-order valence-corrected chi connectivity index (χ0v) is 16.3. The molecule has 0 atom stereocenters. The van der Waals surface area contributed by atoms with Gasteiger partial charge in [0, 0.05) is 17.1 Å². The molecule has 0 saturated carbocycles. The van der Waals surface area contributed by atoms with Crippen LogP contribution >= 0.6 is 0 Å². The van der Waals surface area contributed by atoms with E-state index >= 15 is 0 Å². The van der Waals surface area contributed by atoms with Gasteiger partial charge in [0.25, 0.3) is 0 Å². The predicted molar refractivity (Wildman–Crippen MR) is 104 cm³/mol. The van der Waals surface area contributed by atoms with Crippen LogP contribution < -0.4 is 0 Å². The number of hydrogen-bond acceptors (Lipinski definition) is 2. The summed E-state index contributed by atoms with van der Waals surface area (Å²) in [6.45, 7) is 0. The van der Waals surface area contributed by atoms with Gasteiger partial charge in [-0.3, -0.25) is 0 Å². The van der Waals surface area contributed by atoms with Gasteiger partial charge in [-0.25, -0.2) is 8.78 Å². The molecule has 0 unspecified atom stereocenters. The molecule has 0 N–H and O–H groups in total. The minimum atomic E-state index is -0.473. The SMILES string of the molecule is O=C(c1ccccc1F)[c-]1[cH-][cH-][cH-][cH-]1.O=C(c1ccccc1F)[c-]1cccc1.[Fe]. The second-order valence-corrected chi connectivity index (χ2v) is 5.97. The first-order valence-corrected chi connectivity index (χ1v) is 8.60. The fourth-order valence-electron chi connectivity index (χ4n) is 2.65. The Hall–Kier alpha value is -3.14. The summed E-state index contributed by atoms with van der Waals surface area (Å²) in [6, 6.07) is 25.7. The summed E-state index contributed by atoms with van der Waals surface area (Å²) < 4.78 is 26.4. The first-order chi connectivity index (χ1) is 13.6. The van der Waals surface area contributed by atoms with Crippen molar-refractivity contribution in [3.8, 4) is 0 Å². The molecule has 2 nitrogen and oxygen atoms in total. The maximum absolute atomic E-state index is 13.2. The van der Waals surface area contributed by atoms with Crippen molar-refractivity contribution in [3.63, 3.8) is 0 Å². The molecular formula is C24H16F2FeO2-6. The van der Waals surface area contributed by atoms with Crippen molar-refractivity contribution in [1.29, 1.82) is 0 Å². The number of ketones is 2. The van der Waals surface area contributed by atoms with Crippen molar-refractivity contribution in [2.24, 2.45) is 0 Å². The van der Waals surface area contributed by atoms with Crippen LogP contribution in [0.4, 0.5) is 8.78 Å². The number of carbonyl (C=O) groups is 2. The van der Waals surface area contributed by atoms with Crippen LogP contribution in [0.1, 0.15) is 31.8 Å². The number of rotatable bonds is 4. The minimum Gasteiger partial charge on any atom is -0.644 e. The molecule has 4 aromatic carbocycles. The van der Waals surface area contributed by atoms with Gasteiger partial charge in [-0.2, -0.15) is 18.2 Å². The van der Waals surface area contributed by atoms with E-state index in [0.717, 1.165) is 0 Å². The quantitative estimate of drug-likeness (QED) is 0.242. The zero-order chi connectivity index (χ0) is 19.9. The molecule has 0 spiro atoms. The van der Waals surface area contributed by atoms with Crippen LogP contribution in [-0.2, 0) is 17.1 Å². The topological polar surface area (TPSA) is 34.1 Å². The van der Waals surface area contributed by atoms with Crippen LogP contribution in [0.3, 0.4) is 0 Å². The third-order valence-electron chi connectivity index (χ3n) is 4.09. The van der Waals surface area contributed by atoms with E-state index in [1.54, 1.807) is 72.8 Å². The van der Waals surface area contributed by atoms with Gasteiger partial charge < -0.3 is 50.8 Å². The molecular weight excluding hydrogens is 414 g/mol. The Morgan fingerprint density at radius 2 is 1.14 bits per heavy atom. The van der Waals surface area contributed by atoms with E-state index in [-0.39, 0.29) is 39.8 Å². The van der Waals surface area contributed by atoms with Gasteiger partial charge in [-0.15, -0.1) is 12.1 Å². The molecule has 0 aliphatic rings. The van der Waals surface area contributed by atoms with Crippen molar-refractivity contribution < 1.29 is 35.4 Å². The molecule has 0 amide bonds. The Morgan fingerprint density at radius 3 is 1.62 bits per heavy atom. The summed E-state index contributed by atoms with van der Waals surface area (Å²) in [5, 5.41) is 0. The van der Waals surface area contributed by atoms with Gasteiger partial charge in [0.1, 0.15) is 5.78 Å². The molecule has 4 rings (SSSR count). The standard InChI is InChI=1S/2C12H8FO.Fe/c2*13-11-8-4-3-7-10(11)12(14)9-5-1-2-6-9;/h2*1-8H;/q-5;-1;. The van der Waals surface area contributed by atoms with E-state index in [9.17, 15) is 18.4 Å². The molecule has 152 valence electrons. The van der Waals surface area contributed by atoms with Gasteiger partial charge >= 0.3 is 0 Å². The maximum Gasteiger partial charge on any atom is 0.115 e. The molecule has 0 aliphatic heterocycles. The Bertz CT molecular complexity index is 980. The third kappa shape index (κ3) is 5.44. The summed E-state index contributed by atoms with van der Waals surface area (Å²) in [4.78, 5) is 23.4. The predicted octanol–water partition coefficient (Wildman–Crippen LogP) is 5.55. The van der Waals surface area contributed by atoms with Gasteiger partial charge in [0.2, 0.25) is 0 Å². The van der Waals surface area contributed by atoms with E-state index in [0.29, 0.717) is 11.1 Å². The third-order valence-corrected chi connectivity index (χ3v) is 4.09. The van der Waals surface area contributed by atoms with Gasteiger partial charge in [-0.1, -0.05) is 42.0 Å². The monoisotopic (exact) mass is 430 g/mol. The molecule has 0 heterocycles. The van der Waals surface area contributed by atoms with E-state index < -0.39 is 11.6 Å². The summed E-state index contributed by atoms with van der Waals surface area (Å²) in [7, 11) is 0. The maximum atomic E-state index is 13.2. The second kappa shape index (κ2) is 10.4. The molecule has 0 aliphatic carbocycles. The van der Waals surface area contributed by atoms with Crippen molar-refractivity contribution >= 4 is 11.6 Å². The van der Waals surface area contributed by atoms with Crippen molar-refractivity contribution in [1.82, 2.24) is 0 Å². The summed E-state index contributed by atoms with van der Waals surface area (Å²) in [6.07, 6.45) is 0. The Balaban J connectivity index is 0.000000200. The van der Waals surface area contributed by atoms with Crippen LogP contribution in [0.25, 0.3) is 0 Å². The van der Waals surface area contributed by atoms with Crippen LogP contribution in [-0.4, -0.2) is 11.6 Å². The summed E-state index contributed by atoms with van der Waals surface area (Å²) >= 11 is 0. The van der Waals surface area contributed by atoms with Crippen molar-refractivity contribution in [2.75, 3.05) is 0 Å². The second-order valence-electron chi connectivity index (χ2n) is 5.97. The van der Waals surface area contributed by atoms with Crippen LogP contribution in [0.2, 0.25) is 0 Å². The van der Waals surface area contributed by atoms with Crippen LogP contribution in [0.5, 0.6) is 0 Å². The van der Waals surface area contributed by atoms with Crippen LogP contribution in [0, 0.1) is 11.6 Å². The normalized spacial score (nSPS) is 9.72. The molecule has 0 bridgehead atoms. The number of carbonyl (C=O) groups excluding carboxylic acids is 2. The van der Waals surface area contributed by atoms with Crippen molar-refractivity contribution in [2.45, 2.75) is 0 Å². The van der Waals surface area contributed by atoms with Crippen LogP contribution in [0.15, 0.2) is 97.1 Å². The first kappa shape index (κ1) is 22.2.